The third-order valence-electron chi connectivity index (χ3n) is 3.64. The first-order chi connectivity index (χ1) is 9.40. The van der Waals surface area contributed by atoms with Crippen LogP contribution in [0.3, 0.4) is 0 Å². The number of rotatable bonds is 4. The second-order valence-electron chi connectivity index (χ2n) is 5.78. The van der Waals surface area contributed by atoms with Crippen molar-refractivity contribution in [2.24, 2.45) is 0 Å². The van der Waals surface area contributed by atoms with Crippen molar-refractivity contribution in [3.8, 4) is 0 Å². The average molecular weight is 333 g/mol. The molecule has 0 aliphatic carbocycles. The van der Waals surface area contributed by atoms with Crippen molar-refractivity contribution >= 4 is 27.3 Å². The van der Waals surface area contributed by atoms with Gasteiger partial charge in [0.2, 0.25) is 0 Å². The highest BCUT2D eigenvalue weighted by Gasteiger charge is 2.20. The molecule has 2 nitrogen and oxygen atoms in total. The number of benzene rings is 2. The summed E-state index contributed by atoms with van der Waals surface area (Å²) >= 11 is 3.47. The maximum atomic E-state index is 6.04. The number of halogens is 1. The summed E-state index contributed by atoms with van der Waals surface area (Å²) in [5, 5.41) is 3.50. The number of anilines is 2. The number of nitrogens with one attached hydrogen (secondary N) is 1. The normalized spacial score (nSPS) is 11.4. The van der Waals surface area contributed by atoms with Gasteiger partial charge in [0.1, 0.15) is 0 Å². The summed E-state index contributed by atoms with van der Waals surface area (Å²) in [5.41, 5.74) is 10.4. The van der Waals surface area contributed by atoms with Gasteiger partial charge in [-0.25, -0.2) is 0 Å². The molecule has 106 valence electrons. The van der Waals surface area contributed by atoms with Crippen molar-refractivity contribution in [1.82, 2.24) is 0 Å². The van der Waals surface area contributed by atoms with E-state index >= 15 is 0 Å². The molecular weight excluding hydrogens is 312 g/mol. The molecule has 0 fully saturated rings. The summed E-state index contributed by atoms with van der Waals surface area (Å²) in [6.07, 6.45) is 0. The van der Waals surface area contributed by atoms with Gasteiger partial charge in [-0.3, -0.25) is 0 Å². The van der Waals surface area contributed by atoms with E-state index in [2.05, 4.69) is 72.3 Å². The number of nitrogens with two attached hydrogens (primary N) is 1. The standard InChI is InChI=1S/C17H21BrN2/c1-12-5-4-6-15(19)16(12)20-11-17(2,3)13-7-9-14(18)10-8-13/h4-10,20H,11,19H2,1-3H3. The lowest BCUT2D eigenvalue weighted by Crippen LogP contribution is -2.28. The fraction of sp³-hybridized carbons (Fsp3) is 0.294. The number of para-hydroxylation sites is 1. The summed E-state index contributed by atoms with van der Waals surface area (Å²) in [5.74, 6) is 0. The second kappa shape index (κ2) is 5.88. The maximum Gasteiger partial charge on any atom is 0.0603 e. The van der Waals surface area contributed by atoms with E-state index in [1.165, 1.54) is 11.1 Å². The lowest BCUT2D eigenvalue weighted by Gasteiger charge is -2.27. The van der Waals surface area contributed by atoms with E-state index in [9.17, 15) is 0 Å². The molecule has 3 N–H and O–H groups in total. The quantitative estimate of drug-likeness (QED) is 0.794. The smallest absolute Gasteiger partial charge is 0.0603 e. The predicted molar refractivity (Wildman–Crippen MR) is 91.2 cm³/mol. The molecule has 3 heteroatoms. The summed E-state index contributed by atoms with van der Waals surface area (Å²) in [6.45, 7) is 7.38. The Kier molecular flexibility index (Phi) is 4.39. The zero-order chi connectivity index (χ0) is 14.8. The van der Waals surface area contributed by atoms with Crippen molar-refractivity contribution in [2.75, 3.05) is 17.6 Å². The molecule has 0 radical (unpaired) electrons. The first-order valence-electron chi connectivity index (χ1n) is 6.75. The van der Waals surface area contributed by atoms with Crippen molar-refractivity contribution in [1.29, 1.82) is 0 Å². The summed E-state index contributed by atoms with van der Waals surface area (Å²) < 4.78 is 1.10. The fourth-order valence-electron chi connectivity index (χ4n) is 2.24. The number of nitrogen functional groups attached to an aromatic ring is 1. The van der Waals surface area contributed by atoms with E-state index in [1.54, 1.807) is 0 Å². The molecule has 2 aromatic rings. The van der Waals surface area contributed by atoms with Crippen LogP contribution >= 0.6 is 15.9 Å². The maximum absolute atomic E-state index is 6.04. The first-order valence-corrected chi connectivity index (χ1v) is 7.54. The van der Waals surface area contributed by atoms with E-state index < -0.39 is 0 Å². The monoisotopic (exact) mass is 332 g/mol. The van der Waals surface area contributed by atoms with Crippen LogP contribution in [0.15, 0.2) is 46.9 Å². The Morgan fingerprint density at radius 2 is 1.75 bits per heavy atom. The van der Waals surface area contributed by atoms with Crippen LogP contribution < -0.4 is 11.1 Å². The largest absolute Gasteiger partial charge is 0.397 e. The fourth-order valence-corrected chi connectivity index (χ4v) is 2.51. The van der Waals surface area contributed by atoms with E-state index in [-0.39, 0.29) is 5.41 Å². The van der Waals surface area contributed by atoms with Crippen LogP contribution in [0.4, 0.5) is 11.4 Å². The van der Waals surface area contributed by atoms with Gasteiger partial charge in [-0.2, -0.15) is 0 Å². The molecular formula is C17H21BrN2. The highest BCUT2D eigenvalue weighted by molar-refractivity contribution is 9.10. The van der Waals surface area contributed by atoms with E-state index in [0.717, 1.165) is 22.4 Å². The first kappa shape index (κ1) is 14.9. The van der Waals surface area contributed by atoms with Crippen LogP contribution in [-0.4, -0.2) is 6.54 Å². The van der Waals surface area contributed by atoms with Gasteiger partial charge in [-0.15, -0.1) is 0 Å². The van der Waals surface area contributed by atoms with Gasteiger partial charge >= 0.3 is 0 Å². The Hall–Kier alpha value is -1.48. The molecule has 0 heterocycles. The van der Waals surface area contributed by atoms with Crippen molar-refractivity contribution < 1.29 is 0 Å². The molecule has 2 aromatic carbocycles. The Balaban J connectivity index is 2.15. The number of hydrogen-bond acceptors (Lipinski definition) is 2. The minimum absolute atomic E-state index is 0.0371. The molecule has 0 aliphatic rings. The predicted octanol–water partition coefficient (Wildman–Crippen LogP) is 4.73. The second-order valence-corrected chi connectivity index (χ2v) is 6.70. The minimum atomic E-state index is 0.0371. The molecule has 0 bridgehead atoms. The van der Waals surface area contributed by atoms with E-state index in [0.29, 0.717) is 0 Å². The molecule has 0 unspecified atom stereocenters. The van der Waals surface area contributed by atoms with Crippen LogP contribution in [0.1, 0.15) is 25.0 Å². The lowest BCUT2D eigenvalue weighted by atomic mass is 9.84. The van der Waals surface area contributed by atoms with Crippen molar-refractivity contribution in [3.05, 3.63) is 58.1 Å². The van der Waals surface area contributed by atoms with E-state index in [4.69, 9.17) is 5.73 Å². The van der Waals surface area contributed by atoms with E-state index in [1.807, 2.05) is 12.1 Å². The molecule has 20 heavy (non-hydrogen) atoms. The van der Waals surface area contributed by atoms with Crippen LogP contribution in [0, 0.1) is 6.92 Å². The number of aryl methyl sites for hydroxylation is 1. The Bertz CT molecular complexity index is 568. The van der Waals surface area contributed by atoms with Gasteiger partial charge < -0.3 is 11.1 Å². The SMILES string of the molecule is Cc1cccc(N)c1NCC(C)(C)c1ccc(Br)cc1. The van der Waals surface area contributed by atoms with Crippen molar-refractivity contribution in [3.63, 3.8) is 0 Å². The molecule has 0 saturated carbocycles. The van der Waals surface area contributed by atoms with Gasteiger partial charge in [-0.05, 0) is 36.2 Å². The highest BCUT2D eigenvalue weighted by Crippen LogP contribution is 2.28. The topological polar surface area (TPSA) is 38.0 Å². The molecule has 0 aromatic heterocycles. The molecule has 0 amide bonds. The third-order valence-corrected chi connectivity index (χ3v) is 4.17. The zero-order valence-corrected chi connectivity index (χ0v) is 13.8. The van der Waals surface area contributed by atoms with Gasteiger partial charge in [0.25, 0.3) is 0 Å². The van der Waals surface area contributed by atoms with Crippen LogP contribution in [0.5, 0.6) is 0 Å². The van der Waals surface area contributed by atoms with Gasteiger partial charge in [0.15, 0.2) is 0 Å². The summed E-state index contributed by atoms with van der Waals surface area (Å²) in [6, 6.07) is 14.5. The summed E-state index contributed by atoms with van der Waals surface area (Å²) in [4.78, 5) is 0. The van der Waals surface area contributed by atoms with Gasteiger partial charge in [0, 0.05) is 16.4 Å². The summed E-state index contributed by atoms with van der Waals surface area (Å²) in [7, 11) is 0. The van der Waals surface area contributed by atoms with Gasteiger partial charge in [-0.1, -0.05) is 54.0 Å². The Morgan fingerprint density at radius 1 is 1.10 bits per heavy atom. The Labute approximate surface area is 129 Å². The molecule has 2 rings (SSSR count). The minimum Gasteiger partial charge on any atom is -0.397 e. The van der Waals surface area contributed by atoms with Gasteiger partial charge in [0.05, 0.1) is 11.4 Å². The molecule has 0 atom stereocenters. The Morgan fingerprint density at radius 3 is 2.35 bits per heavy atom. The lowest BCUT2D eigenvalue weighted by molar-refractivity contribution is 0.557. The van der Waals surface area contributed by atoms with Crippen LogP contribution in [0.2, 0.25) is 0 Å². The average Bonchev–Trinajstić information content (AvgIpc) is 2.38. The molecule has 0 saturated heterocycles. The van der Waals surface area contributed by atoms with Crippen LogP contribution in [0.25, 0.3) is 0 Å². The van der Waals surface area contributed by atoms with Crippen LogP contribution in [-0.2, 0) is 5.41 Å². The third kappa shape index (κ3) is 3.34. The highest BCUT2D eigenvalue weighted by atomic mass is 79.9. The number of hydrogen-bond donors (Lipinski definition) is 2. The molecule has 0 spiro atoms. The zero-order valence-electron chi connectivity index (χ0n) is 12.2. The van der Waals surface area contributed by atoms with Crippen molar-refractivity contribution in [2.45, 2.75) is 26.2 Å². The molecule has 0 aliphatic heterocycles.